The smallest absolute Gasteiger partial charge is 0.305 e. The van der Waals surface area contributed by atoms with Crippen LogP contribution in [0.3, 0.4) is 0 Å². The third kappa shape index (κ3) is 6.59. The van der Waals surface area contributed by atoms with Gasteiger partial charge < -0.3 is 15.4 Å². The fraction of sp³-hybridized carbons (Fsp3) is 0.615. The highest BCUT2D eigenvalue weighted by Gasteiger charge is 2.01. The van der Waals surface area contributed by atoms with E-state index in [1.54, 1.807) is 0 Å². The van der Waals surface area contributed by atoms with Gasteiger partial charge in [-0.15, -0.1) is 0 Å². The van der Waals surface area contributed by atoms with Crippen LogP contribution in [-0.4, -0.2) is 35.6 Å². The van der Waals surface area contributed by atoms with Gasteiger partial charge in [-0.2, -0.15) is 0 Å². The molecule has 6 heteroatoms. The number of ether oxygens (including phenoxy) is 1. The van der Waals surface area contributed by atoms with Gasteiger partial charge >= 0.3 is 5.97 Å². The zero-order chi connectivity index (χ0) is 13.9. The van der Waals surface area contributed by atoms with Crippen LogP contribution in [-0.2, 0) is 9.53 Å². The van der Waals surface area contributed by atoms with Crippen molar-refractivity contribution in [2.45, 2.75) is 33.1 Å². The van der Waals surface area contributed by atoms with Crippen LogP contribution < -0.4 is 10.6 Å². The number of hydrogen-bond acceptors (Lipinski definition) is 6. The zero-order valence-electron chi connectivity index (χ0n) is 11.6. The quantitative estimate of drug-likeness (QED) is 0.526. The second-order valence-corrected chi connectivity index (χ2v) is 4.05. The summed E-state index contributed by atoms with van der Waals surface area (Å²) in [7, 11) is 0. The van der Waals surface area contributed by atoms with Crippen LogP contribution in [0.2, 0.25) is 0 Å². The predicted octanol–water partition coefficient (Wildman–Crippen LogP) is 2.05. The lowest BCUT2D eigenvalue weighted by Crippen LogP contribution is -2.09. The maximum atomic E-state index is 11.1. The maximum absolute atomic E-state index is 11.1. The van der Waals surface area contributed by atoms with Crippen molar-refractivity contribution in [2.75, 3.05) is 30.3 Å². The average molecular weight is 266 g/mol. The second-order valence-electron chi connectivity index (χ2n) is 4.05. The number of nitrogens with one attached hydrogen (secondary N) is 2. The molecule has 106 valence electrons. The van der Waals surface area contributed by atoms with Crippen LogP contribution in [0.4, 0.5) is 11.6 Å². The van der Waals surface area contributed by atoms with Crippen molar-refractivity contribution < 1.29 is 9.53 Å². The number of esters is 1. The Morgan fingerprint density at radius 3 is 2.53 bits per heavy atom. The summed E-state index contributed by atoms with van der Waals surface area (Å²) < 4.78 is 4.86. The average Bonchev–Trinajstić information content (AvgIpc) is 2.42. The van der Waals surface area contributed by atoms with Crippen LogP contribution >= 0.6 is 0 Å². The van der Waals surface area contributed by atoms with Gasteiger partial charge in [0.05, 0.1) is 6.61 Å². The van der Waals surface area contributed by atoms with Crippen molar-refractivity contribution in [3.63, 3.8) is 0 Å². The monoisotopic (exact) mass is 266 g/mol. The highest BCUT2D eigenvalue weighted by atomic mass is 16.5. The van der Waals surface area contributed by atoms with Gasteiger partial charge in [-0.05, 0) is 19.8 Å². The molecular formula is C13H22N4O2. The normalized spacial score (nSPS) is 10.0. The summed E-state index contributed by atoms with van der Waals surface area (Å²) in [6, 6.07) is 1.86. The second kappa shape index (κ2) is 9.13. The summed E-state index contributed by atoms with van der Waals surface area (Å²) >= 11 is 0. The lowest BCUT2D eigenvalue weighted by atomic mass is 10.3. The summed E-state index contributed by atoms with van der Waals surface area (Å²) in [6.07, 6.45) is 3.71. The van der Waals surface area contributed by atoms with Gasteiger partial charge in [-0.3, -0.25) is 4.79 Å². The zero-order valence-corrected chi connectivity index (χ0v) is 11.6. The molecule has 0 aromatic carbocycles. The van der Waals surface area contributed by atoms with Crippen LogP contribution in [0.15, 0.2) is 12.4 Å². The Balaban J connectivity index is 2.27. The molecule has 0 atom stereocenters. The molecule has 0 aliphatic carbocycles. The molecule has 0 bridgehead atoms. The minimum atomic E-state index is -0.155. The van der Waals surface area contributed by atoms with E-state index in [9.17, 15) is 4.79 Å². The van der Waals surface area contributed by atoms with Crippen molar-refractivity contribution in [1.82, 2.24) is 9.97 Å². The van der Waals surface area contributed by atoms with Crippen LogP contribution in [0.1, 0.15) is 33.1 Å². The van der Waals surface area contributed by atoms with Gasteiger partial charge in [0.2, 0.25) is 0 Å². The van der Waals surface area contributed by atoms with Gasteiger partial charge in [0.25, 0.3) is 0 Å². The topological polar surface area (TPSA) is 76.1 Å². The third-order valence-corrected chi connectivity index (χ3v) is 2.39. The molecule has 0 fully saturated rings. The van der Waals surface area contributed by atoms with Crippen molar-refractivity contribution >= 4 is 17.6 Å². The minimum Gasteiger partial charge on any atom is -0.466 e. The Morgan fingerprint density at radius 2 is 1.89 bits per heavy atom. The van der Waals surface area contributed by atoms with Crippen molar-refractivity contribution in [3.05, 3.63) is 12.4 Å². The van der Waals surface area contributed by atoms with E-state index in [2.05, 4.69) is 27.5 Å². The number of aromatic nitrogens is 2. The number of nitrogens with zero attached hydrogens (tertiary/aromatic N) is 2. The van der Waals surface area contributed by atoms with Gasteiger partial charge in [0.15, 0.2) is 0 Å². The fourth-order valence-electron chi connectivity index (χ4n) is 1.49. The van der Waals surface area contributed by atoms with Crippen molar-refractivity contribution in [2.24, 2.45) is 0 Å². The molecule has 1 aromatic rings. The third-order valence-electron chi connectivity index (χ3n) is 2.39. The number of carbonyl (C=O) groups excluding carboxylic acids is 1. The fourth-order valence-corrected chi connectivity index (χ4v) is 1.49. The molecule has 1 rings (SSSR count). The highest BCUT2D eigenvalue weighted by molar-refractivity contribution is 5.69. The van der Waals surface area contributed by atoms with E-state index >= 15 is 0 Å². The predicted molar refractivity (Wildman–Crippen MR) is 75.2 cm³/mol. The van der Waals surface area contributed by atoms with E-state index < -0.39 is 0 Å². The molecule has 0 aliphatic heterocycles. The molecule has 0 aliphatic rings. The van der Waals surface area contributed by atoms with E-state index in [-0.39, 0.29) is 5.97 Å². The van der Waals surface area contributed by atoms with Gasteiger partial charge in [0, 0.05) is 25.6 Å². The number of hydrogen-bond donors (Lipinski definition) is 2. The Morgan fingerprint density at radius 1 is 1.21 bits per heavy atom. The van der Waals surface area contributed by atoms with Gasteiger partial charge in [0.1, 0.15) is 18.0 Å². The van der Waals surface area contributed by atoms with E-state index in [4.69, 9.17) is 4.74 Å². The van der Waals surface area contributed by atoms with E-state index in [0.717, 1.165) is 31.0 Å². The van der Waals surface area contributed by atoms with E-state index in [1.807, 2.05) is 13.0 Å². The Hall–Kier alpha value is -1.85. The molecule has 0 radical (unpaired) electrons. The van der Waals surface area contributed by atoms with Crippen LogP contribution in [0.25, 0.3) is 0 Å². The first-order valence-electron chi connectivity index (χ1n) is 6.71. The van der Waals surface area contributed by atoms with Gasteiger partial charge in [-0.25, -0.2) is 9.97 Å². The molecule has 0 amide bonds. The lowest BCUT2D eigenvalue weighted by molar-refractivity contribution is -0.143. The van der Waals surface area contributed by atoms with Crippen LogP contribution in [0, 0.1) is 0 Å². The maximum Gasteiger partial charge on any atom is 0.305 e. The summed E-state index contributed by atoms with van der Waals surface area (Å²) in [5.74, 6) is 1.42. The van der Waals surface area contributed by atoms with Crippen LogP contribution in [0.5, 0.6) is 0 Å². The molecule has 0 saturated heterocycles. The minimum absolute atomic E-state index is 0.155. The molecule has 0 unspecified atom stereocenters. The Bertz CT molecular complexity index is 385. The molecule has 0 spiro atoms. The summed E-state index contributed by atoms with van der Waals surface area (Å²) in [4.78, 5) is 19.4. The molecule has 6 nitrogen and oxygen atoms in total. The van der Waals surface area contributed by atoms with Gasteiger partial charge in [-0.1, -0.05) is 6.92 Å². The molecule has 1 aromatic heterocycles. The summed E-state index contributed by atoms with van der Waals surface area (Å²) in [6.45, 7) is 5.91. The largest absolute Gasteiger partial charge is 0.466 e. The lowest BCUT2D eigenvalue weighted by Gasteiger charge is -2.07. The summed E-state index contributed by atoms with van der Waals surface area (Å²) in [5.41, 5.74) is 0. The molecular weight excluding hydrogens is 244 g/mol. The number of anilines is 2. The van der Waals surface area contributed by atoms with Crippen molar-refractivity contribution in [3.8, 4) is 0 Å². The molecule has 19 heavy (non-hydrogen) atoms. The van der Waals surface area contributed by atoms with Crippen molar-refractivity contribution in [1.29, 1.82) is 0 Å². The standard InChI is InChI=1S/C13H22N4O2/c1-3-7-14-11-9-12(17-10-16-11)15-8-5-6-13(18)19-4-2/h9-10H,3-8H2,1-2H3,(H2,14,15,16,17). The highest BCUT2D eigenvalue weighted by Crippen LogP contribution is 2.08. The number of rotatable bonds is 9. The SMILES string of the molecule is CCCNc1cc(NCCCC(=O)OCC)ncn1. The number of carbonyl (C=O) groups is 1. The summed E-state index contributed by atoms with van der Waals surface area (Å²) in [5, 5.41) is 6.35. The first-order chi connectivity index (χ1) is 9.26. The Kier molecular flexibility index (Phi) is 7.31. The first kappa shape index (κ1) is 15.2. The molecule has 0 saturated carbocycles. The molecule has 2 N–H and O–H groups in total. The van der Waals surface area contributed by atoms with E-state index in [1.165, 1.54) is 6.33 Å². The Labute approximate surface area is 114 Å². The first-order valence-corrected chi connectivity index (χ1v) is 6.71. The van der Waals surface area contributed by atoms with E-state index in [0.29, 0.717) is 19.6 Å². The molecule has 1 heterocycles.